The molecule has 4 N–H and O–H groups in total. The van der Waals surface area contributed by atoms with Crippen molar-refractivity contribution < 1.29 is 99.9 Å². The van der Waals surface area contributed by atoms with E-state index in [4.69, 9.17) is 43.7 Å². The molecule has 0 spiro atoms. The SMILES string of the molecule is Cc1cnc(-c2cc3nccc(Oc4ccc([N+](=O)[O-])cc4F)c3s2)n1C.Cn1c(C(=O)NCCN2CCOCC2)cnc1-c1cc2nccc(Oc3ccc([N+](=O)[O-])cc3F)c2s1.Cn1c(OC=O)cnc1-c1cc2nccc(Oc3ccc([N+](=O)[O-])cc3F)c2s1.NCCN1CCOCC1.O=C=O.[Li+].[OH-]. The summed E-state index contributed by atoms with van der Waals surface area (Å²) in [6.45, 7) is 12.3. The second-order valence-corrected chi connectivity index (χ2v) is 25.5. The van der Waals surface area contributed by atoms with Gasteiger partial charge in [0.1, 0.15) is 34.6 Å². The summed E-state index contributed by atoms with van der Waals surface area (Å²) in [6.07, 6.45) is 9.60. The fraction of sp³-hybridized carbons (Fsp3) is 0.239. The number of halogens is 3. The van der Waals surface area contributed by atoms with E-state index in [0.717, 1.165) is 108 Å². The maximum atomic E-state index is 14.4. The normalized spacial score (nSPS) is 12.6. The number of thiophene rings is 3. The topological polar surface area (TPSA) is 420 Å². The first-order valence-corrected chi connectivity index (χ1v) is 33.8. The maximum Gasteiger partial charge on any atom is 1.00 e. The number of hydrogen-bond donors (Lipinski definition) is 2. The predicted molar refractivity (Wildman–Crippen MR) is 379 cm³/mol. The van der Waals surface area contributed by atoms with E-state index in [1.165, 1.54) is 95.2 Å². The number of ether oxygens (including phenoxy) is 6. The second kappa shape index (κ2) is 38.1. The molecule has 0 aliphatic carbocycles. The number of fused-ring (bicyclic) bond motifs is 3. The first-order chi connectivity index (χ1) is 50.7. The molecule has 2 aliphatic heterocycles. The van der Waals surface area contributed by atoms with Crippen LogP contribution in [-0.2, 0) is 45.0 Å². The van der Waals surface area contributed by atoms with Crippen LogP contribution in [0.3, 0.4) is 0 Å². The molecule has 1 amide bonds. The zero-order valence-corrected chi connectivity index (χ0v) is 59.8. The molecular weight excluding hydrogens is 1460 g/mol. The summed E-state index contributed by atoms with van der Waals surface area (Å²) in [4.78, 5) is 103. The molecule has 2 saturated heterocycles. The molecule has 0 atom stereocenters. The van der Waals surface area contributed by atoms with E-state index in [2.05, 4.69) is 45.0 Å². The molecule has 2 aliphatic rings. The number of morpholine rings is 2. The fourth-order valence-electron chi connectivity index (χ4n) is 10.3. The number of nitro benzene ring substituents is 3. The Kier molecular flexibility index (Phi) is 29.0. The Morgan fingerprint density at radius 1 is 0.570 bits per heavy atom. The van der Waals surface area contributed by atoms with Crippen molar-refractivity contribution in [2.75, 3.05) is 78.8 Å². The van der Waals surface area contributed by atoms with Crippen LogP contribution < -0.4 is 48.9 Å². The van der Waals surface area contributed by atoms with Crippen molar-refractivity contribution >= 4 is 100 Å². The minimum Gasteiger partial charge on any atom is -0.870 e. The van der Waals surface area contributed by atoms with Gasteiger partial charge in [-0.1, -0.05) is 0 Å². The number of nitrogens with two attached hydrogens (primary N) is 1. The van der Waals surface area contributed by atoms with Crippen LogP contribution in [0.25, 0.3) is 62.8 Å². The number of nitro groups is 3. The number of hydrogen-bond acceptors (Lipinski definition) is 29. The quantitative estimate of drug-likeness (QED) is 0.0315. The zero-order valence-electron chi connectivity index (χ0n) is 57.4. The zero-order chi connectivity index (χ0) is 74.8. The van der Waals surface area contributed by atoms with Gasteiger partial charge in [-0.15, -0.1) is 34.0 Å². The molecule has 9 aromatic heterocycles. The van der Waals surface area contributed by atoms with E-state index < -0.39 is 32.2 Å². The van der Waals surface area contributed by atoms with E-state index in [0.29, 0.717) is 86.8 Å². The average molecular weight is 1520 g/mol. The maximum absolute atomic E-state index is 14.4. The van der Waals surface area contributed by atoms with Crippen molar-refractivity contribution in [3.05, 3.63) is 187 Å². The van der Waals surface area contributed by atoms with E-state index in [1.54, 1.807) is 59.9 Å². The van der Waals surface area contributed by atoms with E-state index in [-0.39, 0.29) is 76.6 Å². The molecule has 0 unspecified atom stereocenters. The summed E-state index contributed by atoms with van der Waals surface area (Å²) in [5.74, 6) is 0.270. The first-order valence-electron chi connectivity index (χ1n) is 31.4. The third kappa shape index (κ3) is 20.2. The number of rotatable bonds is 20. The van der Waals surface area contributed by atoms with Gasteiger partial charge >= 0.3 is 25.0 Å². The molecule has 107 heavy (non-hydrogen) atoms. The van der Waals surface area contributed by atoms with Crippen LogP contribution in [0.4, 0.5) is 30.2 Å². The van der Waals surface area contributed by atoms with Gasteiger partial charge in [0.15, 0.2) is 40.5 Å². The molecule has 12 aromatic rings. The average Bonchev–Trinajstić information content (AvgIpc) is 1.77. The fourth-order valence-corrected chi connectivity index (χ4v) is 13.6. The summed E-state index contributed by atoms with van der Waals surface area (Å²) in [5, 5.41) is 35.3. The van der Waals surface area contributed by atoms with Gasteiger partial charge in [-0.25, -0.2) is 28.1 Å². The summed E-state index contributed by atoms with van der Waals surface area (Å²) in [7, 11) is 5.39. The van der Waals surface area contributed by atoms with Crippen molar-refractivity contribution in [3.63, 3.8) is 0 Å². The van der Waals surface area contributed by atoms with E-state index in [1.807, 2.05) is 30.7 Å². The number of carbonyl (C=O) groups is 2. The van der Waals surface area contributed by atoms with E-state index >= 15 is 0 Å². The van der Waals surface area contributed by atoms with Gasteiger partial charge in [-0.2, -0.15) is 9.59 Å². The van der Waals surface area contributed by atoms with Crippen molar-refractivity contribution in [3.8, 4) is 72.5 Å². The monoisotopic (exact) mass is 1520 g/mol. The minimum atomic E-state index is -0.847. The van der Waals surface area contributed by atoms with Gasteiger partial charge in [0.2, 0.25) is 5.88 Å². The molecular formula is C67H62F3LiN16O17S3. The van der Waals surface area contributed by atoms with Crippen LogP contribution in [0.5, 0.6) is 40.4 Å². The van der Waals surface area contributed by atoms with Crippen LogP contribution in [0.15, 0.2) is 128 Å². The molecule has 2 fully saturated rings. The van der Waals surface area contributed by atoms with Crippen molar-refractivity contribution in [2.45, 2.75) is 6.92 Å². The summed E-state index contributed by atoms with van der Waals surface area (Å²) in [5.41, 5.74) is 7.69. The smallest absolute Gasteiger partial charge is 0.870 e. The summed E-state index contributed by atoms with van der Waals surface area (Å²) in [6, 6.07) is 20.0. The van der Waals surface area contributed by atoms with E-state index in [9.17, 15) is 53.1 Å². The Hall–Kier alpha value is -11.3. The van der Waals surface area contributed by atoms with Gasteiger partial charge in [0.25, 0.3) is 29.4 Å². The number of pyridine rings is 3. The number of benzene rings is 3. The number of nitrogens with one attached hydrogen (secondary N) is 1. The van der Waals surface area contributed by atoms with Gasteiger partial charge in [-0.3, -0.25) is 69.3 Å². The van der Waals surface area contributed by atoms with Crippen molar-refractivity contribution in [1.82, 2.24) is 58.7 Å². The molecule has 14 rings (SSSR count). The van der Waals surface area contributed by atoms with Crippen LogP contribution in [0.1, 0.15) is 16.2 Å². The Bertz CT molecular complexity index is 5170. The van der Waals surface area contributed by atoms with Gasteiger partial charge in [0, 0.05) is 140 Å². The summed E-state index contributed by atoms with van der Waals surface area (Å²) >= 11 is 4.08. The standard InChI is InChI=1S/C24H23FN6O5S.C18H11FN4O5S.C18H13FN4O3S.C6H14N2O.CO2.Li.H2O/c1-29-18(24(32)27-6-7-30-8-10-35-11-9-30)14-28-23(29)21-13-17-22(37-21)20(4-5-26-17)36-19-3-2-15(31(33)34)12-16(19)25;1-22-16(27-9-24)8-21-18(22)15-7-12-17(29-15)14(4-5-20-12)28-13-3-2-10(23(25)26)6-11(13)19;1-10-9-21-18(22(10)2)16-8-13-17(27-16)15(5-6-20-13)26-14-4-3-11(23(24)25)7-12(14)19;7-1-2-8-3-5-9-6-4-8;2-1-3;;/h2-5,12-14H,6-11H2,1H3,(H,27,32);2-9H,1H3;3-9H,1-2H3;1-7H2;;;1H2/q;;;;;+1;/p-1. The Balaban J connectivity index is 0.000000188. The molecule has 11 heterocycles. The molecule has 3 aromatic carbocycles. The van der Waals surface area contributed by atoms with Crippen LogP contribution >= 0.6 is 34.0 Å². The molecule has 0 saturated carbocycles. The molecule has 40 heteroatoms. The van der Waals surface area contributed by atoms with Gasteiger partial charge < -0.3 is 54.1 Å². The van der Waals surface area contributed by atoms with Crippen LogP contribution in [-0.4, -0.2) is 171 Å². The van der Waals surface area contributed by atoms with Gasteiger partial charge in [0.05, 0.1) is 117 Å². The Morgan fingerprint density at radius 2 is 0.944 bits per heavy atom. The van der Waals surface area contributed by atoms with Crippen LogP contribution in [0, 0.1) is 54.7 Å². The van der Waals surface area contributed by atoms with Crippen molar-refractivity contribution in [2.24, 2.45) is 26.9 Å². The Labute approximate surface area is 627 Å². The van der Waals surface area contributed by atoms with Gasteiger partial charge in [-0.05, 0) is 43.3 Å². The third-order valence-electron chi connectivity index (χ3n) is 15.7. The number of aromatic nitrogens is 9. The Morgan fingerprint density at radius 3 is 1.31 bits per heavy atom. The first kappa shape index (κ1) is 81.4. The number of aryl methyl sites for hydroxylation is 1. The van der Waals surface area contributed by atoms with Crippen LogP contribution in [0.2, 0.25) is 0 Å². The number of non-ortho nitro benzene ring substituents is 3. The largest absolute Gasteiger partial charge is 1.00 e. The second-order valence-electron chi connectivity index (χ2n) is 22.4. The molecule has 33 nitrogen and oxygen atoms in total. The predicted octanol–water partition coefficient (Wildman–Crippen LogP) is 8.04. The number of imidazole rings is 3. The third-order valence-corrected chi connectivity index (χ3v) is 19.2. The number of nitrogens with zero attached hydrogens (tertiary/aromatic N) is 14. The summed E-state index contributed by atoms with van der Waals surface area (Å²) < 4.78 is 82.5. The number of carbonyl (C=O) groups excluding carboxylic acids is 4. The number of amides is 1. The molecule has 0 radical (unpaired) electrons. The minimum absolute atomic E-state index is 0. The molecule has 552 valence electrons. The van der Waals surface area contributed by atoms with Crippen molar-refractivity contribution in [1.29, 1.82) is 0 Å². The molecule has 0 bridgehead atoms.